The molecule has 1 aromatic carbocycles. The van der Waals surface area contributed by atoms with Crippen molar-refractivity contribution in [3.8, 4) is 11.5 Å². The summed E-state index contributed by atoms with van der Waals surface area (Å²) in [6.07, 6.45) is 2.77. The summed E-state index contributed by atoms with van der Waals surface area (Å²) in [5.41, 5.74) is 1.49. The number of hydrogen-bond donors (Lipinski definition) is 1. The highest BCUT2D eigenvalue weighted by molar-refractivity contribution is 7.17. The molecule has 0 radical (unpaired) electrons. The van der Waals surface area contributed by atoms with Gasteiger partial charge in [-0.2, -0.15) is 0 Å². The lowest BCUT2D eigenvalue weighted by atomic mass is 9.88. The molecule has 1 heterocycles. The van der Waals surface area contributed by atoms with Crippen LogP contribution in [-0.4, -0.2) is 32.2 Å². The molecular formula is C21H25NO5S. The number of rotatable bonds is 7. The summed E-state index contributed by atoms with van der Waals surface area (Å²) in [7, 11) is 1.36. The highest BCUT2D eigenvalue weighted by Gasteiger charge is 2.28. The number of carbonyl (C=O) groups is 2. The third kappa shape index (κ3) is 4.47. The van der Waals surface area contributed by atoms with Crippen LogP contribution in [0.5, 0.6) is 11.5 Å². The van der Waals surface area contributed by atoms with Crippen molar-refractivity contribution in [3.63, 3.8) is 0 Å². The van der Waals surface area contributed by atoms with E-state index in [9.17, 15) is 9.59 Å². The minimum Gasteiger partial charge on any atom is -0.490 e. The van der Waals surface area contributed by atoms with Crippen molar-refractivity contribution >= 4 is 28.2 Å². The van der Waals surface area contributed by atoms with Gasteiger partial charge in [0.1, 0.15) is 5.00 Å². The van der Waals surface area contributed by atoms with Gasteiger partial charge in [-0.25, -0.2) is 4.79 Å². The maximum Gasteiger partial charge on any atom is 0.341 e. The Morgan fingerprint density at radius 2 is 1.93 bits per heavy atom. The Bertz CT molecular complexity index is 860. The van der Waals surface area contributed by atoms with E-state index in [1.165, 1.54) is 18.4 Å². The van der Waals surface area contributed by atoms with Crippen LogP contribution in [0.3, 0.4) is 0 Å². The SMILES string of the molecule is CCOc1ccccc1OCC(=O)Nc1sc2c(c1C(=O)OC)CCC(C)C2. The lowest BCUT2D eigenvalue weighted by molar-refractivity contribution is -0.118. The molecule has 1 aromatic heterocycles. The van der Waals surface area contributed by atoms with Gasteiger partial charge in [-0.05, 0) is 49.8 Å². The average Bonchev–Trinajstić information content (AvgIpc) is 3.03. The molecule has 0 aliphatic heterocycles. The summed E-state index contributed by atoms with van der Waals surface area (Å²) in [4.78, 5) is 25.9. The summed E-state index contributed by atoms with van der Waals surface area (Å²) in [6.45, 7) is 4.41. The first-order valence-corrected chi connectivity index (χ1v) is 10.2. The summed E-state index contributed by atoms with van der Waals surface area (Å²) >= 11 is 1.46. The van der Waals surface area contributed by atoms with Gasteiger partial charge in [0, 0.05) is 4.88 Å². The fraction of sp³-hybridized carbons (Fsp3) is 0.429. The molecule has 1 aliphatic rings. The van der Waals surface area contributed by atoms with E-state index in [4.69, 9.17) is 14.2 Å². The number of nitrogens with one attached hydrogen (secondary N) is 1. The Labute approximate surface area is 168 Å². The van der Waals surface area contributed by atoms with Crippen molar-refractivity contribution < 1.29 is 23.8 Å². The second-order valence-electron chi connectivity index (χ2n) is 6.76. The molecule has 0 fully saturated rings. The normalized spacial score (nSPS) is 15.5. The summed E-state index contributed by atoms with van der Waals surface area (Å²) in [5, 5.41) is 3.37. The van der Waals surface area contributed by atoms with E-state index in [-0.39, 0.29) is 12.5 Å². The zero-order valence-corrected chi connectivity index (χ0v) is 17.2. The molecule has 1 aliphatic carbocycles. The maximum absolute atomic E-state index is 12.5. The zero-order chi connectivity index (χ0) is 20.1. The van der Waals surface area contributed by atoms with Crippen LogP contribution >= 0.6 is 11.3 Å². The van der Waals surface area contributed by atoms with Crippen molar-refractivity contribution in [1.29, 1.82) is 0 Å². The van der Waals surface area contributed by atoms with E-state index in [0.717, 1.165) is 29.7 Å². The summed E-state index contributed by atoms with van der Waals surface area (Å²) < 4.78 is 16.1. The predicted octanol–water partition coefficient (Wildman–Crippen LogP) is 4.08. The Hall–Kier alpha value is -2.54. The molecule has 3 rings (SSSR count). The quantitative estimate of drug-likeness (QED) is 0.705. The van der Waals surface area contributed by atoms with Gasteiger partial charge in [0.2, 0.25) is 0 Å². The topological polar surface area (TPSA) is 73.9 Å². The smallest absolute Gasteiger partial charge is 0.341 e. The number of ether oxygens (including phenoxy) is 3. The second-order valence-corrected chi connectivity index (χ2v) is 7.87. The van der Waals surface area contributed by atoms with Crippen LogP contribution < -0.4 is 14.8 Å². The number of anilines is 1. The number of benzene rings is 1. The molecule has 150 valence electrons. The van der Waals surface area contributed by atoms with Crippen molar-refractivity contribution in [2.45, 2.75) is 33.1 Å². The molecule has 1 amide bonds. The van der Waals surface area contributed by atoms with Gasteiger partial charge in [-0.3, -0.25) is 4.79 Å². The second kappa shape index (κ2) is 9.10. The van der Waals surface area contributed by atoms with E-state index >= 15 is 0 Å². The summed E-state index contributed by atoms with van der Waals surface area (Å²) in [6, 6.07) is 7.21. The van der Waals surface area contributed by atoms with Gasteiger partial charge in [-0.1, -0.05) is 19.1 Å². The zero-order valence-electron chi connectivity index (χ0n) is 16.4. The number of carbonyl (C=O) groups excluding carboxylic acids is 2. The van der Waals surface area contributed by atoms with Crippen molar-refractivity contribution in [2.24, 2.45) is 5.92 Å². The molecule has 1 atom stereocenters. The van der Waals surface area contributed by atoms with E-state index < -0.39 is 5.97 Å². The van der Waals surface area contributed by atoms with Gasteiger partial charge < -0.3 is 19.5 Å². The predicted molar refractivity (Wildman–Crippen MR) is 109 cm³/mol. The van der Waals surface area contributed by atoms with Gasteiger partial charge >= 0.3 is 5.97 Å². The van der Waals surface area contributed by atoms with E-state index in [2.05, 4.69) is 12.2 Å². The van der Waals surface area contributed by atoms with Crippen LogP contribution in [0.1, 0.15) is 41.1 Å². The van der Waals surface area contributed by atoms with Crippen LogP contribution in [0.25, 0.3) is 0 Å². The molecule has 7 heteroatoms. The average molecular weight is 404 g/mol. The highest BCUT2D eigenvalue weighted by atomic mass is 32.1. The number of methoxy groups -OCH3 is 1. The van der Waals surface area contributed by atoms with Crippen LogP contribution in [0.15, 0.2) is 24.3 Å². The largest absolute Gasteiger partial charge is 0.490 e. The lowest BCUT2D eigenvalue weighted by Crippen LogP contribution is -2.21. The third-order valence-corrected chi connectivity index (χ3v) is 5.83. The summed E-state index contributed by atoms with van der Waals surface area (Å²) in [5.74, 6) is 0.923. The molecule has 0 saturated carbocycles. The number of fused-ring (bicyclic) bond motifs is 1. The Morgan fingerprint density at radius 3 is 2.61 bits per heavy atom. The van der Waals surface area contributed by atoms with Gasteiger partial charge in [-0.15, -0.1) is 11.3 Å². The maximum atomic E-state index is 12.5. The number of amides is 1. The van der Waals surface area contributed by atoms with Gasteiger partial charge in [0.15, 0.2) is 18.1 Å². The molecule has 1 unspecified atom stereocenters. The molecule has 1 N–H and O–H groups in total. The fourth-order valence-electron chi connectivity index (χ4n) is 3.31. The van der Waals surface area contributed by atoms with Crippen molar-refractivity contribution in [3.05, 3.63) is 40.3 Å². The fourth-order valence-corrected chi connectivity index (χ4v) is 4.72. The monoisotopic (exact) mass is 403 g/mol. The number of esters is 1. The van der Waals surface area contributed by atoms with E-state index in [1.54, 1.807) is 12.1 Å². The molecule has 0 saturated heterocycles. The Kier molecular flexibility index (Phi) is 6.57. The molecule has 6 nitrogen and oxygen atoms in total. The van der Waals surface area contributed by atoms with Crippen LogP contribution in [0.2, 0.25) is 0 Å². The molecule has 0 spiro atoms. The number of thiophene rings is 1. The molecule has 2 aromatic rings. The third-order valence-electron chi connectivity index (χ3n) is 4.66. The Balaban J connectivity index is 1.73. The minimum atomic E-state index is -0.412. The highest BCUT2D eigenvalue weighted by Crippen LogP contribution is 2.40. The first kappa shape index (κ1) is 20.2. The standard InChI is InChI=1S/C21H25NO5S/c1-4-26-15-7-5-6-8-16(15)27-12-18(23)22-20-19(21(24)25-3)14-10-9-13(2)11-17(14)28-20/h5-8,13H,4,9-12H2,1-3H3,(H,22,23). The first-order chi connectivity index (χ1) is 13.5. The van der Waals surface area contributed by atoms with Gasteiger partial charge in [0.05, 0.1) is 19.3 Å². The molecular weight excluding hydrogens is 378 g/mol. The number of hydrogen-bond acceptors (Lipinski definition) is 6. The van der Waals surface area contributed by atoms with Crippen molar-refractivity contribution in [2.75, 3.05) is 25.6 Å². The van der Waals surface area contributed by atoms with Crippen LogP contribution in [-0.2, 0) is 22.4 Å². The van der Waals surface area contributed by atoms with E-state index in [0.29, 0.717) is 34.6 Å². The van der Waals surface area contributed by atoms with Crippen LogP contribution in [0.4, 0.5) is 5.00 Å². The minimum absolute atomic E-state index is 0.177. The first-order valence-electron chi connectivity index (χ1n) is 9.40. The lowest BCUT2D eigenvalue weighted by Gasteiger charge is -2.18. The molecule has 0 bridgehead atoms. The number of para-hydroxylation sites is 2. The Morgan fingerprint density at radius 1 is 1.21 bits per heavy atom. The van der Waals surface area contributed by atoms with Crippen molar-refractivity contribution in [1.82, 2.24) is 0 Å². The van der Waals surface area contributed by atoms with E-state index in [1.807, 2.05) is 19.1 Å². The van der Waals surface area contributed by atoms with Crippen LogP contribution in [0, 0.1) is 5.92 Å². The van der Waals surface area contributed by atoms with Gasteiger partial charge in [0.25, 0.3) is 5.91 Å². The molecule has 28 heavy (non-hydrogen) atoms.